The van der Waals surface area contributed by atoms with Gasteiger partial charge in [0.1, 0.15) is 5.69 Å². The number of hydrogen-bond donors (Lipinski definition) is 1. The molecule has 1 aromatic carbocycles. The second-order valence-electron chi connectivity index (χ2n) is 3.19. The van der Waals surface area contributed by atoms with E-state index in [0.717, 1.165) is 10.9 Å². The maximum atomic E-state index is 11.0. The number of carboxylic acids is 1. The van der Waals surface area contributed by atoms with E-state index in [1.807, 2.05) is 0 Å². The molecule has 0 radical (unpaired) electrons. The highest BCUT2D eigenvalue weighted by Gasteiger charge is 2.18. The molecule has 0 aliphatic heterocycles. The molecule has 0 aliphatic rings. The van der Waals surface area contributed by atoms with Gasteiger partial charge in [-0.25, -0.2) is 4.79 Å². The predicted octanol–water partition coefficient (Wildman–Crippen LogP) is 3.29. The minimum atomic E-state index is -0.961. The lowest BCUT2D eigenvalue weighted by Gasteiger charge is -1.98. The van der Waals surface area contributed by atoms with Gasteiger partial charge in [-0.2, -0.15) is 0 Å². The minimum absolute atomic E-state index is 0.229. The normalized spacial score (nSPS) is 10.9. The molecule has 0 atom stereocenters. The molecular weight excluding hydrogens is 281 g/mol. The summed E-state index contributed by atoms with van der Waals surface area (Å²) in [6, 6.07) is 5.28. The standard InChI is InChI=1S/C10H7BrClNO2/c1-13-7-3-2-5(12)4-6(7)8(11)9(13)10(14)15/h2-4H,1H3,(H,14,15). The number of hydrogen-bond acceptors (Lipinski definition) is 1. The van der Waals surface area contributed by atoms with E-state index in [1.54, 1.807) is 29.8 Å². The van der Waals surface area contributed by atoms with E-state index < -0.39 is 5.97 Å². The molecule has 0 saturated carbocycles. The van der Waals surface area contributed by atoms with Crippen LogP contribution in [0.25, 0.3) is 10.9 Å². The molecule has 0 fully saturated rings. The fourth-order valence-electron chi connectivity index (χ4n) is 1.61. The highest BCUT2D eigenvalue weighted by Crippen LogP contribution is 2.32. The van der Waals surface area contributed by atoms with E-state index in [2.05, 4.69) is 15.9 Å². The highest BCUT2D eigenvalue weighted by atomic mass is 79.9. The smallest absolute Gasteiger partial charge is 0.353 e. The van der Waals surface area contributed by atoms with Crippen molar-refractivity contribution in [3.63, 3.8) is 0 Å². The van der Waals surface area contributed by atoms with Crippen molar-refractivity contribution >= 4 is 44.4 Å². The Morgan fingerprint density at radius 2 is 2.20 bits per heavy atom. The summed E-state index contributed by atoms with van der Waals surface area (Å²) in [5, 5.41) is 10.4. The van der Waals surface area contributed by atoms with E-state index >= 15 is 0 Å². The summed E-state index contributed by atoms with van der Waals surface area (Å²) in [4.78, 5) is 11.0. The molecule has 1 heterocycles. The Kier molecular flexibility index (Phi) is 2.48. The summed E-state index contributed by atoms with van der Waals surface area (Å²) in [6.07, 6.45) is 0. The van der Waals surface area contributed by atoms with Crippen LogP contribution in [0.5, 0.6) is 0 Å². The number of rotatable bonds is 1. The first-order chi connectivity index (χ1) is 7.02. The largest absolute Gasteiger partial charge is 0.477 e. The van der Waals surface area contributed by atoms with Gasteiger partial charge in [0.05, 0.1) is 4.47 Å². The van der Waals surface area contributed by atoms with Crippen molar-refractivity contribution in [1.29, 1.82) is 0 Å². The number of halogens is 2. The lowest BCUT2D eigenvalue weighted by Crippen LogP contribution is -2.04. The van der Waals surface area contributed by atoms with Gasteiger partial charge < -0.3 is 9.67 Å². The Hall–Kier alpha value is -1.00. The quantitative estimate of drug-likeness (QED) is 0.875. The fourth-order valence-corrected chi connectivity index (χ4v) is 2.53. The molecule has 0 saturated heterocycles. The Balaban J connectivity index is 2.91. The van der Waals surface area contributed by atoms with Gasteiger partial charge in [0.2, 0.25) is 0 Å². The number of aromatic carboxylic acids is 1. The van der Waals surface area contributed by atoms with Crippen LogP contribution in [0.15, 0.2) is 22.7 Å². The summed E-state index contributed by atoms with van der Waals surface area (Å²) in [5.41, 5.74) is 1.07. The van der Waals surface area contributed by atoms with Crippen LogP contribution in [0.4, 0.5) is 0 Å². The highest BCUT2D eigenvalue weighted by molar-refractivity contribution is 9.10. The van der Waals surface area contributed by atoms with E-state index in [0.29, 0.717) is 9.50 Å². The van der Waals surface area contributed by atoms with Crippen molar-refractivity contribution < 1.29 is 9.90 Å². The van der Waals surface area contributed by atoms with E-state index in [-0.39, 0.29) is 5.69 Å². The van der Waals surface area contributed by atoms with Gasteiger partial charge in [0, 0.05) is 23.0 Å². The molecule has 5 heteroatoms. The van der Waals surface area contributed by atoms with Gasteiger partial charge in [0.25, 0.3) is 0 Å². The summed E-state index contributed by atoms with van der Waals surface area (Å²) < 4.78 is 2.19. The SMILES string of the molecule is Cn1c(C(=O)O)c(Br)c2cc(Cl)ccc21. The van der Waals surface area contributed by atoms with Gasteiger partial charge in [-0.3, -0.25) is 0 Å². The monoisotopic (exact) mass is 287 g/mol. The number of benzene rings is 1. The van der Waals surface area contributed by atoms with Crippen molar-refractivity contribution in [2.24, 2.45) is 7.05 Å². The van der Waals surface area contributed by atoms with E-state index in [4.69, 9.17) is 16.7 Å². The molecule has 2 aromatic rings. The molecule has 0 unspecified atom stereocenters. The topological polar surface area (TPSA) is 42.2 Å². The number of aromatic nitrogens is 1. The van der Waals surface area contributed by atoms with Crippen LogP contribution < -0.4 is 0 Å². The zero-order chi connectivity index (χ0) is 11.2. The number of carboxylic acid groups (broad SMARTS) is 1. The third-order valence-corrected chi connectivity index (χ3v) is 3.34. The van der Waals surface area contributed by atoms with E-state index in [9.17, 15) is 4.79 Å². The van der Waals surface area contributed by atoms with Crippen LogP contribution in [0.1, 0.15) is 10.5 Å². The van der Waals surface area contributed by atoms with Crippen molar-refractivity contribution in [3.8, 4) is 0 Å². The Bertz CT molecular complexity index is 562. The first-order valence-corrected chi connectivity index (χ1v) is 5.36. The Morgan fingerprint density at radius 1 is 1.53 bits per heavy atom. The Labute approximate surface area is 99.4 Å². The zero-order valence-corrected chi connectivity index (χ0v) is 10.1. The van der Waals surface area contributed by atoms with Crippen molar-refractivity contribution in [3.05, 3.63) is 33.4 Å². The maximum absolute atomic E-state index is 11.0. The van der Waals surface area contributed by atoms with E-state index in [1.165, 1.54) is 0 Å². The van der Waals surface area contributed by atoms with Crippen LogP contribution in [-0.2, 0) is 7.05 Å². The average molecular weight is 289 g/mol. The number of fused-ring (bicyclic) bond motifs is 1. The van der Waals surface area contributed by atoms with Crippen LogP contribution >= 0.6 is 27.5 Å². The summed E-state index contributed by atoms with van der Waals surface area (Å²) in [6.45, 7) is 0. The second-order valence-corrected chi connectivity index (χ2v) is 4.42. The van der Waals surface area contributed by atoms with Gasteiger partial charge in [-0.15, -0.1) is 0 Å². The molecule has 0 aliphatic carbocycles. The molecule has 78 valence electrons. The molecule has 0 bridgehead atoms. The summed E-state index contributed by atoms with van der Waals surface area (Å²) in [5.74, 6) is -0.961. The average Bonchev–Trinajstić information content (AvgIpc) is 2.39. The second kappa shape index (κ2) is 3.54. The molecule has 1 N–H and O–H groups in total. The van der Waals surface area contributed by atoms with Gasteiger partial charge in [-0.1, -0.05) is 11.6 Å². The molecule has 2 rings (SSSR count). The van der Waals surface area contributed by atoms with Crippen molar-refractivity contribution in [2.45, 2.75) is 0 Å². The van der Waals surface area contributed by atoms with Crippen molar-refractivity contribution in [1.82, 2.24) is 4.57 Å². The van der Waals surface area contributed by atoms with Crippen LogP contribution in [0, 0.1) is 0 Å². The zero-order valence-electron chi connectivity index (χ0n) is 7.79. The molecule has 0 spiro atoms. The number of carbonyl (C=O) groups is 1. The molecule has 15 heavy (non-hydrogen) atoms. The molecular formula is C10H7BrClNO2. The van der Waals surface area contributed by atoms with Gasteiger partial charge in [0.15, 0.2) is 0 Å². The number of nitrogens with zero attached hydrogens (tertiary/aromatic N) is 1. The lowest BCUT2D eigenvalue weighted by atomic mass is 10.2. The maximum Gasteiger partial charge on any atom is 0.353 e. The molecule has 1 aromatic heterocycles. The summed E-state index contributed by atoms with van der Waals surface area (Å²) >= 11 is 9.13. The minimum Gasteiger partial charge on any atom is -0.477 e. The molecule has 0 amide bonds. The molecule has 3 nitrogen and oxygen atoms in total. The van der Waals surface area contributed by atoms with Crippen LogP contribution in [-0.4, -0.2) is 15.6 Å². The third kappa shape index (κ3) is 1.54. The summed E-state index contributed by atoms with van der Waals surface area (Å²) in [7, 11) is 1.71. The van der Waals surface area contributed by atoms with Gasteiger partial charge >= 0.3 is 5.97 Å². The predicted molar refractivity (Wildman–Crippen MR) is 62.6 cm³/mol. The van der Waals surface area contributed by atoms with Crippen LogP contribution in [0.2, 0.25) is 5.02 Å². The lowest BCUT2D eigenvalue weighted by molar-refractivity contribution is 0.0686. The third-order valence-electron chi connectivity index (χ3n) is 2.30. The fraction of sp³-hybridized carbons (Fsp3) is 0.100. The number of aryl methyl sites for hydroxylation is 1. The first-order valence-electron chi connectivity index (χ1n) is 4.19. The van der Waals surface area contributed by atoms with Crippen molar-refractivity contribution in [2.75, 3.05) is 0 Å². The van der Waals surface area contributed by atoms with Crippen LogP contribution in [0.3, 0.4) is 0 Å². The Morgan fingerprint density at radius 3 is 2.80 bits per heavy atom. The van der Waals surface area contributed by atoms with Gasteiger partial charge in [-0.05, 0) is 34.1 Å². The first kappa shape index (κ1) is 10.5.